The van der Waals surface area contributed by atoms with Crippen molar-refractivity contribution in [3.63, 3.8) is 0 Å². The number of benzene rings is 1. The molecule has 2 unspecified atom stereocenters. The van der Waals surface area contributed by atoms with E-state index in [2.05, 4.69) is 29.3 Å². The van der Waals surface area contributed by atoms with Gasteiger partial charge in [0.05, 0.1) is 11.6 Å². The summed E-state index contributed by atoms with van der Waals surface area (Å²) in [5.74, 6) is 2.50. The van der Waals surface area contributed by atoms with Crippen molar-refractivity contribution >= 4 is 22.7 Å². The first-order valence-corrected chi connectivity index (χ1v) is 9.17. The molecule has 0 radical (unpaired) electrons. The first-order valence-electron chi connectivity index (χ1n) is 9.17. The van der Waals surface area contributed by atoms with Gasteiger partial charge in [-0.05, 0) is 43.7 Å². The van der Waals surface area contributed by atoms with Crippen molar-refractivity contribution in [2.24, 2.45) is 5.92 Å². The van der Waals surface area contributed by atoms with E-state index in [1.54, 1.807) is 0 Å². The quantitative estimate of drug-likeness (QED) is 0.932. The SMILES string of the molecule is CC1CCCN(c2nc(NCC3CCCO3)c3ccccc3n2)C1. The van der Waals surface area contributed by atoms with E-state index in [0.717, 1.165) is 61.8 Å². The fourth-order valence-electron chi connectivity index (χ4n) is 3.73. The molecule has 1 N–H and O–H groups in total. The predicted molar refractivity (Wildman–Crippen MR) is 97.6 cm³/mol. The van der Waals surface area contributed by atoms with Gasteiger partial charge in [0.2, 0.25) is 5.95 Å². The van der Waals surface area contributed by atoms with Crippen LogP contribution in [0.2, 0.25) is 0 Å². The standard InChI is InChI=1S/C19H26N4O/c1-14-6-4-10-23(13-14)19-21-17-9-3-2-8-16(17)18(22-19)20-12-15-7-5-11-24-15/h2-3,8-9,14-15H,4-7,10-13H2,1H3,(H,20,21,22). The summed E-state index contributed by atoms with van der Waals surface area (Å²) in [7, 11) is 0. The summed E-state index contributed by atoms with van der Waals surface area (Å²) in [6.45, 7) is 6.10. The number of para-hydroxylation sites is 1. The molecule has 5 heteroatoms. The van der Waals surface area contributed by atoms with Gasteiger partial charge in [-0.3, -0.25) is 0 Å². The average Bonchev–Trinajstić information content (AvgIpc) is 3.13. The van der Waals surface area contributed by atoms with Crippen LogP contribution >= 0.6 is 0 Å². The van der Waals surface area contributed by atoms with Crippen molar-refractivity contribution in [2.45, 2.75) is 38.7 Å². The van der Waals surface area contributed by atoms with E-state index < -0.39 is 0 Å². The summed E-state index contributed by atoms with van der Waals surface area (Å²) in [6.07, 6.45) is 5.11. The zero-order valence-corrected chi connectivity index (χ0v) is 14.4. The van der Waals surface area contributed by atoms with Crippen molar-refractivity contribution in [3.8, 4) is 0 Å². The van der Waals surface area contributed by atoms with E-state index in [0.29, 0.717) is 12.0 Å². The van der Waals surface area contributed by atoms with Crippen LogP contribution in [0.1, 0.15) is 32.6 Å². The minimum absolute atomic E-state index is 0.303. The fourth-order valence-corrected chi connectivity index (χ4v) is 3.73. The Kier molecular flexibility index (Phi) is 4.52. The van der Waals surface area contributed by atoms with Crippen LogP contribution in [0.5, 0.6) is 0 Å². The highest BCUT2D eigenvalue weighted by atomic mass is 16.5. The molecule has 2 aliphatic rings. The summed E-state index contributed by atoms with van der Waals surface area (Å²) in [5.41, 5.74) is 1.01. The largest absolute Gasteiger partial charge is 0.376 e. The molecule has 0 saturated carbocycles. The van der Waals surface area contributed by atoms with Crippen LogP contribution in [0.25, 0.3) is 10.9 Å². The molecule has 3 heterocycles. The third-order valence-electron chi connectivity index (χ3n) is 5.05. The molecule has 5 nitrogen and oxygen atoms in total. The summed E-state index contributed by atoms with van der Waals surface area (Å²) in [4.78, 5) is 12.0. The highest BCUT2D eigenvalue weighted by Gasteiger charge is 2.21. The van der Waals surface area contributed by atoms with Crippen molar-refractivity contribution in [3.05, 3.63) is 24.3 Å². The highest BCUT2D eigenvalue weighted by Crippen LogP contribution is 2.26. The van der Waals surface area contributed by atoms with Crippen molar-refractivity contribution in [1.82, 2.24) is 9.97 Å². The van der Waals surface area contributed by atoms with Gasteiger partial charge in [0, 0.05) is 31.6 Å². The van der Waals surface area contributed by atoms with Gasteiger partial charge in [0.1, 0.15) is 5.82 Å². The second kappa shape index (κ2) is 6.93. The number of nitrogens with zero attached hydrogens (tertiary/aromatic N) is 3. The Morgan fingerprint density at radius 2 is 2.12 bits per heavy atom. The lowest BCUT2D eigenvalue weighted by Crippen LogP contribution is -2.35. The molecule has 2 fully saturated rings. The number of nitrogens with one attached hydrogen (secondary N) is 1. The lowest BCUT2D eigenvalue weighted by atomic mass is 10.0. The van der Waals surface area contributed by atoms with Crippen LogP contribution in [-0.4, -0.2) is 42.3 Å². The summed E-state index contributed by atoms with van der Waals surface area (Å²) in [5, 5.41) is 4.60. The summed E-state index contributed by atoms with van der Waals surface area (Å²) >= 11 is 0. The number of anilines is 2. The Hall–Kier alpha value is -1.88. The van der Waals surface area contributed by atoms with Crippen molar-refractivity contribution in [2.75, 3.05) is 36.5 Å². The number of piperidine rings is 1. The monoisotopic (exact) mass is 326 g/mol. The Balaban J connectivity index is 1.62. The van der Waals surface area contributed by atoms with Crippen molar-refractivity contribution < 1.29 is 4.74 Å². The van der Waals surface area contributed by atoms with Gasteiger partial charge in [-0.25, -0.2) is 4.98 Å². The average molecular weight is 326 g/mol. The Morgan fingerprint density at radius 1 is 1.21 bits per heavy atom. The zero-order valence-electron chi connectivity index (χ0n) is 14.4. The number of fused-ring (bicyclic) bond motifs is 1. The van der Waals surface area contributed by atoms with E-state index in [1.165, 1.54) is 12.8 Å². The number of ether oxygens (including phenoxy) is 1. The second-order valence-corrected chi connectivity index (χ2v) is 7.10. The number of hydrogen-bond acceptors (Lipinski definition) is 5. The van der Waals surface area contributed by atoms with E-state index in [1.807, 2.05) is 12.1 Å². The molecular formula is C19H26N4O. The van der Waals surface area contributed by atoms with E-state index in [-0.39, 0.29) is 0 Å². The smallest absolute Gasteiger partial charge is 0.227 e. The molecule has 2 saturated heterocycles. The van der Waals surface area contributed by atoms with E-state index in [4.69, 9.17) is 14.7 Å². The molecule has 24 heavy (non-hydrogen) atoms. The third-order valence-corrected chi connectivity index (χ3v) is 5.05. The first kappa shape index (κ1) is 15.6. The molecule has 1 aromatic carbocycles. The van der Waals surface area contributed by atoms with Crippen LogP contribution in [0, 0.1) is 5.92 Å². The molecule has 2 aromatic rings. The molecule has 0 aliphatic carbocycles. The molecular weight excluding hydrogens is 300 g/mol. The van der Waals surface area contributed by atoms with Gasteiger partial charge in [0.15, 0.2) is 0 Å². The normalized spacial score (nSPS) is 24.5. The summed E-state index contributed by atoms with van der Waals surface area (Å²) < 4.78 is 5.73. The lowest BCUT2D eigenvalue weighted by molar-refractivity contribution is 0.120. The fraction of sp³-hybridized carbons (Fsp3) is 0.579. The Morgan fingerprint density at radius 3 is 2.96 bits per heavy atom. The molecule has 1 aromatic heterocycles. The maximum atomic E-state index is 5.73. The molecule has 4 rings (SSSR count). The second-order valence-electron chi connectivity index (χ2n) is 7.10. The number of rotatable bonds is 4. The van der Waals surface area contributed by atoms with Crippen LogP contribution < -0.4 is 10.2 Å². The van der Waals surface area contributed by atoms with Crippen LogP contribution in [-0.2, 0) is 4.74 Å². The third kappa shape index (κ3) is 3.31. The molecule has 128 valence electrons. The van der Waals surface area contributed by atoms with Gasteiger partial charge in [-0.15, -0.1) is 0 Å². The maximum absolute atomic E-state index is 5.73. The minimum atomic E-state index is 0.303. The maximum Gasteiger partial charge on any atom is 0.227 e. The minimum Gasteiger partial charge on any atom is -0.376 e. The van der Waals surface area contributed by atoms with Gasteiger partial charge < -0.3 is 15.0 Å². The van der Waals surface area contributed by atoms with Crippen LogP contribution in [0.4, 0.5) is 11.8 Å². The molecule has 2 aliphatic heterocycles. The topological polar surface area (TPSA) is 50.3 Å². The van der Waals surface area contributed by atoms with Crippen molar-refractivity contribution in [1.29, 1.82) is 0 Å². The number of aromatic nitrogens is 2. The van der Waals surface area contributed by atoms with E-state index in [9.17, 15) is 0 Å². The van der Waals surface area contributed by atoms with Gasteiger partial charge in [-0.2, -0.15) is 4.98 Å². The first-order chi connectivity index (χ1) is 11.8. The van der Waals surface area contributed by atoms with E-state index >= 15 is 0 Å². The molecule has 0 spiro atoms. The Bertz CT molecular complexity index is 699. The zero-order chi connectivity index (χ0) is 16.4. The van der Waals surface area contributed by atoms with Gasteiger partial charge in [0.25, 0.3) is 0 Å². The lowest BCUT2D eigenvalue weighted by Gasteiger charge is -2.31. The molecule has 2 atom stereocenters. The molecule has 0 bridgehead atoms. The highest BCUT2D eigenvalue weighted by molar-refractivity contribution is 5.90. The Labute approximate surface area is 143 Å². The predicted octanol–water partition coefficient (Wildman–Crippen LogP) is 3.46. The van der Waals surface area contributed by atoms with Crippen LogP contribution in [0.3, 0.4) is 0 Å². The number of hydrogen-bond donors (Lipinski definition) is 1. The van der Waals surface area contributed by atoms with Crippen LogP contribution in [0.15, 0.2) is 24.3 Å². The van der Waals surface area contributed by atoms with Gasteiger partial charge >= 0.3 is 0 Å². The summed E-state index contributed by atoms with van der Waals surface area (Å²) in [6, 6.07) is 8.26. The van der Waals surface area contributed by atoms with Gasteiger partial charge in [-0.1, -0.05) is 19.1 Å². The molecule has 0 amide bonds.